The molecule has 3 aromatic carbocycles. The monoisotopic (exact) mass is 507 g/mol. The molecule has 0 bridgehead atoms. The van der Waals surface area contributed by atoms with E-state index in [1.54, 1.807) is 18.4 Å². The minimum Gasteiger partial charge on any atom is -0.373 e. The third kappa shape index (κ3) is 5.10. The lowest BCUT2D eigenvalue weighted by Gasteiger charge is -2.42. The maximum absolute atomic E-state index is 8.60. The molecule has 1 aliphatic rings. The first-order valence-electron chi connectivity index (χ1n) is 11.5. The maximum atomic E-state index is 8.60. The van der Waals surface area contributed by atoms with Gasteiger partial charge in [-0.2, -0.15) is 0 Å². The number of hydrogen-bond donors (Lipinski definition) is 1. The third-order valence-electron chi connectivity index (χ3n) is 6.67. The van der Waals surface area contributed by atoms with E-state index in [1.807, 2.05) is 36.4 Å². The molecule has 35 heavy (non-hydrogen) atoms. The summed E-state index contributed by atoms with van der Waals surface area (Å²) < 4.78 is 6.02. The summed E-state index contributed by atoms with van der Waals surface area (Å²) in [4.78, 5) is 6.59. The Morgan fingerprint density at radius 2 is 1.46 bits per heavy atom. The number of hydrogen-bond acceptors (Lipinski definition) is 7. The summed E-state index contributed by atoms with van der Waals surface area (Å²) >= 11 is 7.64. The van der Waals surface area contributed by atoms with Crippen molar-refractivity contribution in [3.8, 4) is 21.1 Å². The van der Waals surface area contributed by atoms with Gasteiger partial charge in [-0.3, -0.25) is 5.26 Å². The summed E-state index contributed by atoms with van der Waals surface area (Å²) in [5, 5.41) is 19.8. The number of aromatic nitrogens is 2. The van der Waals surface area contributed by atoms with Gasteiger partial charge in [0.15, 0.2) is 0 Å². The van der Waals surface area contributed by atoms with Crippen molar-refractivity contribution >= 4 is 28.6 Å². The van der Waals surface area contributed by atoms with Crippen LogP contribution in [0.4, 0.5) is 5.69 Å². The van der Waals surface area contributed by atoms with E-state index in [9.17, 15) is 0 Å². The van der Waals surface area contributed by atoms with Gasteiger partial charge in [-0.25, -0.2) is 4.89 Å². The fourth-order valence-corrected chi connectivity index (χ4v) is 5.56. The Bertz CT molecular complexity index is 1250. The molecule has 8 heteroatoms. The zero-order valence-electron chi connectivity index (χ0n) is 19.4. The molecule has 0 spiro atoms. The minimum atomic E-state index is -0.271. The number of nitrogens with zero attached hydrogens (tertiary/aromatic N) is 3. The number of piperidine rings is 1. The van der Waals surface area contributed by atoms with Gasteiger partial charge in [-0.15, -0.1) is 10.2 Å². The number of anilines is 1. The van der Waals surface area contributed by atoms with Crippen molar-refractivity contribution in [3.05, 3.63) is 88.9 Å². The summed E-state index contributed by atoms with van der Waals surface area (Å²) in [7, 11) is 1.80. The maximum Gasteiger partial charge on any atom is 0.148 e. The highest BCUT2D eigenvalue weighted by molar-refractivity contribution is 7.17. The van der Waals surface area contributed by atoms with Crippen LogP contribution in [0.3, 0.4) is 0 Å². The first kappa shape index (κ1) is 23.9. The van der Waals surface area contributed by atoms with E-state index in [2.05, 4.69) is 56.4 Å². The Morgan fingerprint density at radius 1 is 0.886 bits per heavy atom. The quantitative estimate of drug-likeness (QED) is 0.223. The van der Waals surface area contributed by atoms with Crippen LogP contribution >= 0.6 is 22.9 Å². The van der Waals surface area contributed by atoms with Crippen LogP contribution < -0.4 is 4.90 Å². The van der Waals surface area contributed by atoms with Crippen LogP contribution in [-0.2, 0) is 21.8 Å². The van der Waals surface area contributed by atoms with Crippen molar-refractivity contribution < 1.29 is 14.9 Å². The van der Waals surface area contributed by atoms with Crippen LogP contribution in [0, 0.1) is 0 Å². The van der Waals surface area contributed by atoms with E-state index in [0.717, 1.165) is 57.7 Å². The van der Waals surface area contributed by atoms with Crippen LogP contribution in [0.25, 0.3) is 21.1 Å². The van der Waals surface area contributed by atoms with E-state index in [1.165, 1.54) is 11.3 Å². The Balaban J connectivity index is 1.26. The third-order valence-corrected chi connectivity index (χ3v) is 7.94. The first-order valence-corrected chi connectivity index (χ1v) is 12.7. The number of halogens is 1. The summed E-state index contributed by atoms with van der Waals surface area (Å²) in [6, 6.07) is 24.3. The molecule has 0 saturated carbocycles. The van der Waals surface area contributed by atoms with E-state index < -0.39 is 0 Å². The van der Waals surface area contributed by atoms with Crippen LogP contribution in [0.5, 0.6) is 0 Å². The molecule has 6 nitrogen and oxygen atoms in total. The van der Waals surface area contributed by atoms with Crippen molar-refractivity contribution in [1.82, 2.24) is 10.2 Å². The highest BCUT2D eigenvalue weighted by Gasteiger charge is 2.36. The summed E-state index contributed by atoms with van der Waals surface area (Å²) in [5.74, 6) is 0. The topological polar surface area (TPSA) is 67.7 Å². The average Bonchev–Trinajstić information content (AvgIpc) is 3.40. The lowest BCUT2D eigenvalue weighted by Crippen LogP contribution is -2.43. The lowest BCUT2D eigenvalue weighted by molar-refractivity contribution is -0.253. The molecule has 180 valence electrons. The fraction of sp³-hybridized carbons (Fsp3) is 0.259. The number of methoxy groups -OCH3 is 1. The normalized spacial score (nSPS) is 15.3. The molecule has 4 aromatic rings. The molecule has 0 atom stereocenters. The van der Waals surface area contributed by atoms with Gasteiger partial charge in [0.25, 0.3) is 0 Å². The van der Waals surface area contributed by atoms with Crippen LogP contribution in [0.2, 0.25) is 5.02 Å². The predicted octanol–water partition coefficient (Wildman–Crippen LogP) is 6.66. The van der Waals surface area contributed by atoms with E-state index in [-0.39, 0.29) is 12.2 Å². The summed E-state index contributed by atoms with van der Waals surface area (Å²) in [6.45, 7) is 1.99. The average molecular weight is 508 g/mol. The molecule has 5 rings (SSSR count). The van der Waals surface area contributed by atoms with E-state index in [4.69, 9.17) is 21.6 Å². The fourth-order valence-electron chi connectivity index (χ4n) is 4.58. The van der Waals surface area contributed by atoms with Gasteiger partial charge in [0, 0.05) is 42.0 Å². The molecule has 0 radical (unpaired) electrons. The molecule has 0 amide bonds. The van der Waals surface area contributed by atoms with Crippen molar-refractivity contribution in [2.45, 2.75) is 25.0 Å². The van der Waals surface area contributed by atoms with Crippen molar-refractivity contribution in [2.24, 2.45) is 0 Å². The SMILES string of the molecule is COC1(c2ccc(Cl)cc2)CCN(c2ccc(-c3nnc(-c4ccc(COO)cc4)s3)cc2)CC1. The van der Waals surface area contributed by atoms with Crippen molar-refractivity contribution in [3.63, 3.8) is 0 Å². The standard InChI is InChI=1S/C27H26ClN3O3S/c1-33-27(22-8-10-23(28)11-9-22)14-16-31(17-15-27)24-12-6-21(7-13-24)26-30-29-25(35-26)20-4-2-19(3-5-20)18-34-32/h2-13,32H,14-18H2,1H3. The number of benzene rings is 3. The molecule has 1 fully saturated rings. The summed E-state index contributed by atoms with van der Waals surface area (Å²) in [6.07, 6.45) is 1.83. The van der Waals surface area contributed by atoms with Crippen LogP contribution in [0.15, 0.2) is 72.8 Å². The van der Waals surface area contributed by atoms with Gasteiger partial charge in [0.2, 0.25) is 0 Å². The predicted molar refractivity (Wildman–Crippen MR) is 140 cm³/mol. The zero-order chi connectivity index (χ0) is 24.3. The molecule has 0 unspecified atom stereocenters. The number of rotatable bonds is 7. The van der Waals surface area contributed by atoms with Crippen LogP contribution in [-0.4, -0.2) is 35.7 Å². The first-order chi connectivity index (χ1) is 17.1. The van der Waals surface area contributed by atoms with Crippen molar-refractivity contribution in [1.29, 1.82) is 0 Å². The number of ether oxygens (including phenoxy) is 1. The second kappa shape index (κ2) is 10.4. The highest BCUT2D eigenvalue weighted by Crippen LogP contribution is 2.38. The molecular formula is C27H26ClN3O3S. The Hall–Kier alpha value is -2.81. The summed E-state index contributed by atoms with van der Waals surface area (Å²) in [5.41, 5.74) is 5.04. The smallest absolute Gasteiger partial charge is 0.148 e. The van der Waals surface area contributed by atoms with Gasteiger partial charge in [-0.05, 0) is 60.4 Å². The Labute approximate surface area is 213 Å². The lowest BCUT2D eigenvalue weighted by atomic mass is 9.84. The zero-order valence-corrected chi connectivity index (χ0v) is 20.9. The molecule has 1 N–H and O–H groups in total. The van der Waals surface area contributed by atoms with Gasteiger partial charge in [0.1, 0.15) is 16.6 Å². The molecule has 2 heterocycles. The van der Waals surface area contributed by atoms with Gasteiger partial charge < -0.3 is 9.64 Å². The molecule has 1 aliphatic heterocycles. The van der Waals surface area contributed by atoms with E-state index >= 15 is 0 Å². The molecular weight excluding hydrogens is 482 g/mol. The minimum absolute atomic E-state index is 0.165. The van der Waals surface area contributed by atoms with E-state index in [0.29, 0.717) is 0 Å². The highest BCUT2D eigenvalue weighted by atomic mass is 35.5. The van der Waals surface area contributed by atoms with Gasteiger partial charge in [-0.1, -0.05) is 59.3 Å². The molecule has 1 aromatic heterocycles. The molecule has 0 aliphatic carbocycles. The second-order valence-corrected chi connectivity index (χ2v) is 10.0. The second-order valence-electron chi connectivity index (χ2n) is 8.62. The van der Waals surface area contributed by atoms with Crippen molar-refractivity contribution in [2.75, 3.05) is 25.1 Å². The van der Waals surface area contributed by atoms with Gasteiger partial charge >= 0.3 is 0 Å². The largest absolute Gasteiger partial charge is 0.373 e. The molecule has 1 saturated heterocycles. The van der Waals surface area contributed by atoms with Crippen LogP contribution in [0.1, 0.15) is 24.0 Å². The Kier molecular flexibility index (Phi) is 7.13. The Morgan fingerprint density at radius 3 is 2.00 bits per heavy atom. The van der Waals surface area contributed by atoms with Gasteiger partial charge in [0.05, 0.1) is 5.60 Å².